The van der Waals surface area contributed by atoms with Crippen LogP contribution in [0, 0.1) is 19.3 Å². The van der Waals surface area contributed by atoms with Crippen molar-refractivity contribution in [2.45, 2.75) is 32.9 Å². The molecule has 2 aromatic carbocycles. The molecule has 0 saturated heterocycles. The van der Waals surface area contributed by atoms with Crippen LogP contribution >= 0.6 is 0 Å². The van der Waals surface area contributed by atoms with Gasteiger partial charge < -0.3 is 10.6 Å². The molecule has 7 heteroatoms. The van der Waals surface area contributed by atoms with Gasteiger partial charge in [0.15, 0.2) is 0 Å². The summed E-state index contributed by atoms with van der Waals surface area (Å²) in [5, 5.41) is 4.99. The van der Waals surface area contributed by atoms with Crippen LogP contribution in [0.25, 0.3) is 0 Å². The van der Waals surface area contributed by atoms with Crippen LogP contribution in [0.4, 0.5) is 24.5 Å². The normalized spacial score (nSPS) is 15.1. The van der Waals surface area contributed by atoms with Gasteiger partial charge in [0, 0.05) is 5.69 Å². The second-order valence-electron chi connectivity index (χ2n) is 6.83. The molecule has 0 aromatic heterocycles. The van der Waals surface area contributed by atoms with Crippen LogP contribution in [0.2, 0.25) is 0 Å². The maximum atomic E-state index is 13.1. The Hall–Kier alpha value is -2.83. The van der Waals surface area contributed by atoms with E-state index in [4.69, 9.17) is 0 Å². The minimum absolute atomic E-state index is 0.295. The van der Waals surface area contributed by atoms with Gasteiger partial charge in [-0.3, -0.25) is 9.59 Å². The largest absolute Gasteiger partial charge is 0.418 e. The predicted molar refractivity (Wildman–Crippen MR) is 96.3 cm³/mol. The fourth-order valence-electron chi connectivity index (χ4n) is 2.83. The number of halogens is 3. The van der Waals surface area contributed by atoms with Crippen LogP contribution in [-0.4, -0.2) is 11.8 Å². The first kappa shape index (κ1) is 18.9. The number of anilines is 2. The Morgan fingerprint density at radius 2 is 1.56 bits per heavy atom. The lowest BCUT2D eigenvalue weighted by Gasteiger charge is -2.18. The van der Waals surface area contributed by atoms with Gasteiger partial charge in [0.25, 0.3) is 0 Å². The van der Waals surface area contributed by atoms with Crippen molar-refractivity contribution in [3.8, 4) is 0 Å². The standard InChI is InChI=1S/C20H19F3N2O2/c1-12-7-8-14(11-13(12)2)24-17(26)19(9-10-19)18(27)25-16-6-4-3-5-15(16)20(21,22)23/h3-8,11H,9-10H2,1-2H3,(H,24,26)(H,25,27). The molecular formula is C20H19F3N2O2. The lowest BCUT2D eigenvalue weighted by molar-refractivity contribution is -0.137. The average molecular weight is 376 g/mol. The lowest BCUT2D eigenvalue weighted by Crippen LogP contribution is -2.36. The maximum absolute atomic E-state index is 13.1. The zero-order valence-corrected chi connectivity index (χ0v) is 14.9. The summed E-state index contributed by atoms with van der Waals surface area (Å²) in [4.78, 5) is 25.2. The lowest BCUT2D eigenvalue weighted by atomic mass is 10.0. The molecule has 0 bridgehead atoms. The highest BCUT2D eigenvalue weighted by atomic mass is 19.4. The molecule has 0 heterocycles. The van der Waals surface area contributed by atoms with E-state index in [0.717, 1.165) is 17.2 Å². The molecule has 2 amide bonds. The Kier molecular flexibility index (Phi) is 4.71. The third-order valence-corrected chi connectivity index (χ3v) is 4.86. The Balaban J connectivity index is 1.77. The Morgan fingerprint density at radius 3 is 2.15 bits per heavy atom. The minimum atomic E-state index is -4.59. The molecule has 0 unspecified atom stereocenters. The number of para-hydroxylation sites is 1. The maximum Gasteiger partial charge on any atom is 0.418 e. The van der Waals surface area contributed by atoms with Crippen molar-refractivity contribution in [2.75, 3.05) is 10.6 Å². The summed E-state index contributed by atoms with van der Waals surface area (Å²) in [6.45, 7) is 3.84. The molecule has 0 spiro atoms. The smallest absolute Gasteiger partial charge is 0.325 e. The summed E-state index contributed by atoms with van der Waals surface area (Å²) in [6.07, 6.45) is -4.00. The highest BCUT2D eigenvalue weighted by Crippen LogP contribution is 2.48. The molecule has 0 aliphatic heterocycles. The number of benzene rings is 2. The highest BCUT2D eigenvalue weighted by molar-refractivity contribution is 6.17. The van der Waals surface area contributed by atoms with Crippen LogP contribution < -0.4 is 10.6 Å². The van der Waals surface area contributed by atoms with Crippen molar-refractivity contribution in [3.63, 3.8) is 0 Å². The first-order chi connectivity index (χ1) is 12.6. The summed E-state index contributed by atoms with van der Waals surface area (Å²) in [5.41, 5.74) is -0.0176. The molecule has 3 rings (SSSR count). The predicted octanol–water partition coefficient (Wildman–Crippen LogP) is 4.68. The van der Waals surface area contributed by atoms with Gasteiger partial charge in [-0.15, -0.1) is 0 Å². The number of carbonyl (C=O) groups excluding carboxylic acids is 2. The summed E-state index contributed by atoms with van der Waals surface area (Å²) in [5.74, 6) is -1.23. The third kappa shape index (κ3) is 3.82. The molecule has 27 heavy (non-hydrogen) atoms. The second-order valence-corrected chi connectivity index (χ2v) is 6.83. The fraction of sp³-hybridized carbons (Fsp3) is 0.300. The number of nitrogens with one attached hydrogen (secondary N) is 2. The van der Waals surface area contributed by atoms with Crippen molar-refractivity contribution >= 4 is 23.2 Å². The molecule has 2 N–H and O–H groups in total. The van der Waals surface area contributed by atoms with Crippen molar-refractivity contribution in [1.29, 1.82) is 0 Å². The Morgan fingerprint density at radius 1 is 0.926 bits per heavy atom. The van der Waals surface area contributed by atoms with Gasteiger partial charge in [0.05, 0.1) is 11.3 Å². The van der Waals surface area contributed by atoms with E-state index in [-0.39, 0.29) is 5.69 Å². The van der Waals surface area contributed by atoms with E-state index < -0.39 is 29.0 Å². The van der Waals surface area contributed by atoms with Crippen LogP contribution in [0.3, 0.4) is 0 Å². The molecule has 1 saturated carbocycles. The molecule has 0 atom stereocenters. The quantitative estimate of drug-likeness (QED) is 0.762. The third-order valence-electron chi connectivity index (χ3n) is 4.86. The van der Waals surface area contributed by atoms with Gasteiger partial charge >= 0.3 is 6.18 Å². The molecule has 1 fully saturated rings. The number of rotatable bonds is 4. The van der Waals surface area contributed by atoms with Gasteiger partial charge in [-0.1, -0.05) is 18.2 Å². The van der Waals surface area contributed by atoms with E-state index in [9.17, 15) is 22.8 Å². The number of hydrogen-bond acceptors (Lipinski definition) is 2. The zero-order chi connectivity index (χ0) is 19.8. The van der Waals surface area contributed by atoms with E-state index >= 15 is 0 Å². The van der Waals surface area contributed by atoms with E-state index in [1.807, 2.05) is 19.9 Å². The number of carbonyl (C=O) groups is 2. The molecule has 4 nitrogen and oxygen atoms in total. The van der Waals surface area contributed by atoms with Crippen molar-refractivity contribution in [3.05, 3.63) is 59.2 Å². The monoisotopic (exact) mass is 376 g/mol. The number of aryl methyl sites for hydroxylation is 2. The van der Waals surface area contributed by atoms with Gasteiger partial charge in [-0.25, -0.2) is 0 Å². The molecule has 1 aliphatic carbocycles. The van der Waals surface area contributed by atoms with Gasteiger partial charge in [0.2, 0.25) is 11.8 Å². The summed E-state index contributed by atoms with van der Waals surface area (Å²) in [7, 11) is 0. The summed E-state index contributed by atoms with van der Waals surface area (Å²) >= 11 is 0. The topological polar surface area (TPSA) is 58.2 Å². The first-order valence-electron chi connectivity index (χ1n) is 8.50. The van der Waals surface area contributed by atoms with E-state index in [1.165, 1.54) is 18.2 Å². The number of alkyl halides is 3. The van der Waals surface area contributed by atoms with Gasteiger partial charge in [0.1, 0.15) is 5.41 Å². The van der Waals surface area contributed by atoms with Crippen LogP contribution in [-0.2, 0) is 15.8 Å². The molecule has 0 radical (unpaired) electrons. The van der Waals surface area contributed by atoms with E-state index in [1.54, 1.807) is 12.1 Å². The SMILES string of the molecule is Cc1ccc(NC(=O)C2(C(=O)Nc3ccccc3C(F)(F)F)CC2)cc1C. The van der Waals surface area contributed by atoms with Crippen molar-refractivity contribution in [1.82, 2.24) is 0 Å². The zero-order valence-electron chi connectivity index (χ0n) is 14.9. The summed E-state index contributed by atoms with van der Waals surface area (Å²) in [6, 6.07) is 10.1. The minimum Gasteiger partial charge on any atom is -0.325 e. The average Bonchev–Trinajstić information content (AvgIpc) is 3.40. The summed E-state index contributed by atoms with van der Waals surface area (Å²) < 4.78 is 39.3. The Labute approximate surface area is 154 Å². The molecule has 142 valence electrons. The van der Waals surface area contributed by atoms with E-state index in [0.29, 0.717) is 18.5 Å². The highest BCUT2D eigenvalue weighted by Gasteiger charge is 2.56. The molecule has 2 aromatic rings. The van der Waals surface area contributed by atoms with Gasteiger partial charge in [-0.05, 0) is 62.1 Å². The Bertz CT molecular complexity index is 902. The van der Waals surface area contributed by atoms with Crippen LogP contribution in [0.15, 0.2) is 42.5 Å². The van der Waals surface area contributed by atoms with E-state index in [2.05, 4.69) is 10.6 Å². The molecular weight excluding hydrogens is 357 g/mol. The fourth-order valence-corrected chi connectivity index (χ4v) is 2.83. The number of amides is 2. The van der Waals surface area contributed by atoms with Crippen molar-refractivity contribution < 1.29 is 22.8 Å². The second kappa shape index (κ2) is 6.72. The number of hydrogen-bond donors (Lipinski definition) is 2. The van der Waals surface area contributed by atoms with Crippen LogP contribution in [0.1, 0.15) is 29.5 Å². The molecule has 1 aliphatic rings. The van der Waals surface area contributed by atoms with Crippen LogP contribution in [0.5, 0.6) is 0 Å². The van der Waals surface area contributed by atoms with Gasteiger partial charge in [-0.2, -0.15) is 13.2 Å². The first-order valence-corrected chi connectivity index (χ1v) is 8.50. The van der Waals surface area contributed by atoms with Crippen molar-refractivity contribution in [2.24, 2.45) is 5.41 Å².